The molecule has 0 bridgehead atoms. The van der Waals surface area contributed by atoms with Crippen LogP contribution in [0.4, 0.5) is 5.69 Å². The van der Waals surface area contributed by atoms with Crippen LogP contribution in [0.1, 0.15) is 22.3 Å². The Kier molecular flexibility index (Phi) is 6.40. The van der Waals surface area contributed by atoms with Gasteiger partial charge in [0.15, 0.2) is 5.78 Å². The highest BCUT2D eigenvalue weighted by atomic mass is 16.6. The van der Waals surface area contributed by atoms with E-state index in [2.05, 4.69) is 5.32 Å². The first-order chi connectivity index (χ1) is 12.4. The normalized spacial score (nSPS) is 11.7. The van der Waals surface area contributed by atoms with Crippen molar-refractivity contribution in [1.29, 1.82) is 0 Å². The molecule has 0 unspecified atom stereocenters. The quantitative estimate of drug-likeness (QED) is 0.356. The molecular weight excluding hydrogens is 340 g/mol. The second-order valence-corrected chi connectivity index (χ2v) is 5.69. The molecule has 3 N–H and O–H groups in total. The average Bonchev–Trinajstić information content (AvgIpc) is 2.62. The van der Waals surface area contributed by atoms with Crippen molar-refractivity contribution in [3.05, 3.63) is 69.8 Å². The van der Waals surface area contributed by atoms with Crippen LogP contribution in [0, 0.1) is 10.1 Å². The minimum atomic E-state index is -1.04. The molecule has 0 aliphatic heterocycles. The first-order valence-electron chi connectivity index (χ1n) is 7.88. The molecule has 26 heavy (non-hydrogen) atoms. The van der Waals surface area contributed by atoms with Gasteiger partial charge < -0.3 is 15.5 Å². The standard InChI is InChI=1S/C18H18N2O6/c21-15-7-1-12(2-8-15)11-16(18(23)24)19-10-9-17(22)13-3-5-14(6-4-13)20(25)26/h1-8,16,19,21H,9-11H2,(H,23,24)/t16-/m0/s1. The smallest absolute Gasteiger partial charge is 0.321 e. The third-order valence-corrected chi connectivity index (χ3v) is 3.82. The lowest BCUT2D eigenvalue weighted by molar-refractivity contribution is -0.384. The number of carbonyl (C=O) groups is 2. The minimum absolute atomic E-state index is 0.0666. The fourth-order valence-electron chi connectivity index (χ4n) is 2.39. The zero-order valence-corrected chi connectivity index (χ0v) is 13.8. The van der Waals surface area contributed by atoms with E-state index in [1.165, 1.54) is 36.4 Å². The van der Waals surface area contributed by atoms with Crippen LogP contribution in [0.25, 0.3) is 0 Å². The maximum Gasteiger partial charge on any atom is 0.321 e. The molecule has 0 spiro atoms. The molecule has 0 amide bonds. The number of rotatable bonds is 9. The summed E-state index contributed by atoms with van der Waals surface area (Å²) in [5, 5.41) is 32.0. The van der Waals surface area contributed by atoms with Crippen molar-refractivity contribution < 1.29 is 24.7 Å². The van der Waals surface area contributed by atoms with Crippen LogP contribution < -0.4 is 5.32 Å². The fourth-order valence-corrected chi connectivity index (χ4v) is 2.39. The highest BCUT2D eigenvalue weighted by Gasteiger charge is 2.18. The molecule has 0 radical (unpaired) electrons. The van der Waals surface area contributed by atoms with Crippen molar-refractivity contribution in [3.8, 4) is 5.75 Å². The van der Waals surface area contributed by atoms with Crippen LogP contribution in [0.5, 0.6) is 5.75 Å². The number of phenols is 1. The number of aromatic hydroxyl groups is 1. The van der Waals surface area contributed by atoms with Gasteiger partial charge in [0.25, 0.3) is 5.69 Å². The summed E-state index contributed by atoms with van der Waals surface area (Å²) in [5.74, 6) is -1.18. The second-order valence-electron chi connectivity index (χ2n) is 5.69. The molecular formula is C18H18N2O6. The third-order valence-electron chi connectivity index (χ3n) is 3.82. The maximum atomic E-state index is 12.1. The van der Waals surface area contributed by atoms with Gasteiger partial charge in [0, 0.05) is 30.7 Å². The molecule has 0 saturated heterocycles. The zero-order chi connectivity index (χ0) is 19.1. The van der Waals surface area contributed by atoms with Crippen molar-refractivity contribution in [2.45, 2.75) is 18.9 Å². The van der Waals surface area contributed by atoms with Crippen molar-refractivity contribution >= 4 is 17.4 Å². The van der Waals surface area contributed by atoms with Crippen LogP contribution in [0.15, 0.2) is 48.5 Å². The molecule has 0 heterocycles. The Morgan fingerprint density at radius 3 is 2.23 bits per heavy atom. The number of carbonyl (C=O) groups excluding carboxylic acids is 1. The van der Waals surface area contributed by atoms with E-state index < -0.39 is 16.9 Å². The molecule has 2 aromatic rings. The average molecular weight is 358 g/mol. The Morgan fingerprint density at radius 2 is 1.69 bits per heavy atom. The summed E-state index contributed by atoms with van der Waals surface area (Å²) in [7, 11) is 0. The number of carboxylic acids is 1. The Hall–Kier alpha value is -3.26. The molecule has 0 saturated carbocycles. The van der Waals surface area contributed by atoms with Gasteiger partial charge in [0.05, 0.1) is 4.92 Å². The molecule has 0 aliphatic carbocycles. The number of hydrogen-bond acceptors (Lipinski definition) is 6. The van der Waals surface area contributed by atoms with Crippen molar-refractivity contribution in [2.24, 2.45) is 0 Å². The van der Waals surface area contributed by atoms with E-state index in [0.29, 0.717) is 5.56 Å². The minimum Gasteiger partial charge on any atom is -0.508 e. The summed E-state index contributed by atoms with van der Waals surface area (Å²) < 4.78 is 0. The molecule has 0 aromatic heterocycles. The first kappa shape index (κ1) is 19.1. The Balaban J connectivity index is 1.88. The summed E-state index contributed by atoms with van der Waals surface area (Å²) >= 11 is 0. The van der Waals surface area contributed by atoms with Crippen molar-refractivity contribution in [2.75, 3.05) is 6.54 Å². The van der Waals surface area contributed by atoms with E-state index in [4.69, 9.17) is 0 Å². The largest absolute Gasteiger partial charge is 0.508 e. The predicted octanol–water partition coefficient (Wildman–Crippen LogP) is 2.16. The first-order valence-corrected chi connectivity index (χ1v) is 7.88. The summed E-state index contributed by atoms with van der Waals surface area (Å²) in [6.45, 7) is 0.158. The highest BCUT2D eigenvalue weighted by Crippen LogP contribution is 2.14. The molecule has 0 aliphatic rings. The summed E-state index contributed by atoms with van der Waals surface area (Å²) in [6.07, 6.45) is 0.276. The van der Waals surface area contributed by atoms with Crippen LogP contribution >= 0.6 is 0 Å². The summed E-state index contributed by atoms with van der Waals surface area (Å²) in [4.78, 5) is 33.5. The third kappa shape index (κ3) is 5.38. The lowest BCUT2D eigenvalue weighted by atomic mass is 10.0. The van der Waals surface area contributed by atoms with Gasteiger partial charge in [-0.3, -0.25) is 19.7 Å². The van der Waals surface area contributed by atoms with Gasteiger partial charge in [-0.1, -0.05) is 12.1 Å². The number of ketones is 1. The number of nitro groups is 1. The van der Waals surface area contributed by atoms with E-state index >= 15 is 0 Å². The lowest BCUT2D eigenvalue weighted by Crippen LogP contribution is -2.39. The molecule has 8 nitrogen and oxygen atoms in total. The highest BCUT2D eigenvalue weighted by molar-refractivity contribution is 5.96. The van der Waals surface area contributed by atoms with E-state index in [9.17, 15) is 29.9 Å². The van der Waals surface area contributed by atoms with Gasteiger partial charge >= 0.3 is 5.97 Å². The van der Waals surface area contributed by atoms with E-state index in [1.54, 1.807) is 12.1 Å². The van der Waals surface area contributed by atoms with Gasteiger partial charge in [-0.25, -0.2) is 0 Å². The molecule has 2 rings (SSSR count). The van der Waals surface area contributed by atoms with Gasteiger partial charge in [0.1, 0.15) is 11.8 Å². The molecule has 1 atom stereocenters. The zero-order valence-electron chi connectivity index (χ0n) is 13.8. The maximum absolute atomic E-state index is 12.1. The van der Waals surface area contributed by atoms with Crippen LogP contribution in [-0.4, -0.2) is 39.5 Å². The van der Waals surface area contributed by atoms with Crippen molar-refractivity contribution in [3.63, 3.8) is 0 Å². The number of benzene rings is 2. The predicted molar refractivity (Wildman–Crippen MR) is 93.3 cm³/mol. The van der Waals surface area contributed by atoms with Crippen molar-refractivity contribution in [1.82, 2.24) is 5.32 Å². The number of hydrogen-bond donors (Lipinski definition) is 3. The number of Topliss-reactive ketones (excluding diaryl/α,β-unsaturated/α-hetero) is 1. The molecule has 0 fully saturated rings. The van der Waals surface area contributed by atoms with E-state index in [1.807, 2.05) is 0 Å². The summed E-state index contributed by atoms with van der Waals surface area (Å²) in [5.41, 5.74) is 0.978. The number of nitrogens with one attached hydrogen (secondary N) is 1. The van der Waals surface area contributed by atoms with E-state index in [-0.39, 0.29) is 36.6 Å². The molecule has 8 heteroatoms. The second kappa shape index (κ2) is 8.72. The number of phenolic OH excluding ortho intramolecular Hbond substituents is 1. The van der Waals surface area contributed by atoms with E-state index in [0.717, 1.165) is 5.56 Å². The van der Waals surface area contributed by atoms with Gasteiger partial charge in [-0.2, -0.15) is 0 Å². The Labute approximate surface area is 149 Å². The number of aliphatic carboxylic acids is 1. The number of non-ortho nitro benzene ring substituents is 1. The SMILES string of the molecule is O=C(CCN[C@@H](Cc1ccc(O)cc1)C(=O)O)c1ccc([N+](=O)[O-])cc1. The van der Waals surface area contributed by atoms with Crippen LogP contribution in [0.3, 0.4) is 0 Å². The van der Waals surface area contributed by atoms with Crippen LogP contribution in [-0.2, 0) is 11.2 Å². The van der Waals surface area contributed by atoms with Crippen LogP contribution in [0.2, 0.25) is 0 Å². The Morgan fingerprint density at radius 1 is 1.08 bits per heavy atom. The van der Waals surface area contributed by atoms with Gasteiger partial charge in [-0.15, -0.1) is 0 Å². The lowest BCUT2D eigenvalue weighted by Gasteiger charge is -2.14. The monoisotopic (exact) mass is 358 g/mol. The number of nitrogens with zero attached hydrogens (tertiary/aromatic N) is 1. The molecule has 136 valence electrons. The fraction of sp³-hybridized carbons (Fsp3) is 0.222. The number of carboxylic acid groups (broad SMARTS) is 1. The number of nitro benzene ring substituents is 1. The molecule has 2 aromatic carbocycles. The Bertz CT molecular complexity index is 786. The van der Waals surface area contributed by atoms with Gasteiger partial charge in [-0.05, 0) is 36.2 Å². The van der Waals surface area contributed by atoms with Gasteiger partial charge in [0.2, 0.25) is 0 Å². The summed E-state index contributed by atoms with van der Waals surface area (Å²) in [6, 6.07) is 10.6. The topological polar surface area (TPSA) is 130 Å².